The number of rotatable bonds is 0. The van der Waals surface area contributed by atoms with Gasteiger partial charge in [0.1, 0.15) is 11.9 Å². The summed E-state index contributed by atoms with van der Waals surface area (Å²) >= 11 is 0. The molecule has 2 aromatic rings. The van der Waals surface area contributed by atoms with Gasteiger partial charge in [0.25, 0.3) is 0 Å². The minimum absolute atomic E-state index is 0.120. The Morgan fingerprint density at radius 1 is 0.870 bits per heavy atom. The van der Waals surface area contributed by atoms with Crippen molar-refractivity contribution in [3.63, 3.8) is 0 Å². The van der Waals surface area contributed by atoms with Crippen molar-refractivity contribution in [1.82, 2.24) is 0 Å². The third kappa shape index (κ3) is 1.55. The van der Waals surface area contributed by atoms with Crippen LogP contribution in [0.2, 0.25) is 0 Å². The smallest absolute Gasteiger partial charge is 0.228 e. The summed E-state index contributed by atoms with van der Waals surface area (Å²) in [5.74, 6) is 0.396. The zero-order valence-electron chi connectivity index (χ0n) is 12.1. The van der Waals surface area contributed by atoms with Crippen LogP contribution in [0, 0.1) is 5.92 Å². The summed E-state index contributed by atoms with van der Waals surface area (Å²) < 4.78 is 11.7. The van der Waals surface area contributed by atoms with Crippen LogP contribution in [0.4, 0.5) is 0 Å². The number of carbonyl (C=O) groups excluding carboxylic acids is 2. The van der Waals surface area contributed by atoms with Crippen LogP contribution in [0.3, 0.4) is 0 Å². The molecule has 112 valence electrons. The monoisotopic (exact) mass is 304 g/mol. The summed E-state index contributed by atoms with van der Waals surface area (Å²) in [5, 5.41) is 0. The topological polar surface area (TPSA) is 52.6 Å². The van der Waals surface area contributed by atoms with Gasteiger partial charge in [-0.1, -0.05) is 42.5 Å². The lowest BCUT2D eigenvalue weighted by Gasteiger charge is -2.28. The van der Waals surface area contributed by atoms with E-state index in [1.54, 1.807) is 24.3 Å². The molecule has 0 fully saturated rings. The number of benzene rings is 2. The average Bonchev–Trinajstić information content (AvgIpc) is 3.00. The summed E-state index contributed by atoms with van der Waals surface area (Å²) in [5.41, 5.74) is 2.24. The predicted octanol–water partition coefficient (Wildman–Crippen LogP) is 3.10. The number of carbonyl (C=O) groups is 2. The van der Waals surface area contributed by atoms with E-state index in [-0.39, 0.29) is 29.3 Å². The van der Waals surface area contributed by atoms with E-state index in [1.807, 2.05) is 24.3 Å². The Balaban J connectivity index is 1.66. The van der Waals surface area contributed by atoms with Gasteiger partial charge in [-0.2, -0.15) is 0 Å². The highest BCUT2D eigenvalue weighted by molar-refractivity contribution is 6.26. The molecule has 2 heterocycles. The Kier molecular flexibility index (Phi) is 2.37. The van der Waals surface area contributed by atoms with Crippen molar-refractivity contribution in [3.05, 3.63) is 76.6 Å². The van der Waals surface area contributed by atoms with Crippen LogP contribution in [0.5, 0.6) is 5.75 Å². The molecule has 0 bridgehead atoms. The number of fused-ring (bicyclic) bond motifs is 5. The van der Waals surface area contributed by atoms with E-state index in [2.05, 4.69) is 0 Å². The second-order valence-corrected chi connectivity index (χ2v) is 5.94. The van der Waals surface area contributed by atoms with Gasteiger partial charge in [0.2, 0.25) is 5.78 Å². The molecule has 0 aromatic heterocycles. The molecule has 2 aromatic carbocycles. The molecule has 0 amide bonds. The summed E-state index contributed by atoms with van der Waals surface area (Å²) in [6.07, 6.45) is -0.327. The number of ether oxygens (including phenoxy) is 2. The lowest BCUT2D eigenvalue weighted by atomic mass is 9.80. The molecule has 0 saturated carbocycles. The second kappa shape index (κ2) is 4.32. The summed E-state index contributed by atoms with van der Waals surface area (Å²) in [6.45, 7) is 0.349. The third-order valence-electron chi connectivity index (χ3n) is 4.74. The molecule has 0 N–H and O–H groups in total. The summed E-state index contributed by atoms with van der Waals surface area (Å²) in [7, 11) is 0. The van der Waals surface area contributed by atoms with Gasteiger partial charge < -0.3 is 9.47 Å². The van der Waals surface area contributed by atoms with Crippen molar-refractivity contribution in [2.45, 2.75) is 6.10 Å². The molecule has 0 spiro atoms. The summed E-state index contributed by atoms with van der Waals surface area (Å²) in [6, 6.07) is 14.5. The molecule has 3 aliphatic rings. The molecule has 2 atom stereocenters. The summed E-state index contributed by atoms with van der Waals surface area (Å²) in [4.78, 5) is 25.6. The first kappa shape index (κ1) is 12.6. The van der Waals surface area contributed by atoms with E-state index in [4.69, 9.17) is 9.47 Å². The van der Waals surface area contributed by atoms with Crippen molar-refractivity contribution in [2.24, 2.45) is 5.92 Å². The first-order valence-corrected chi connectivity index (χ1v) is 7.56. The number of allylic oxidation sites excluding steroid dienone is 1. The molecular weight excluding hydrogens is 292 g/mol. The Hall–Kier alpha value is -2.88. The van der Waals surface area contributed by atoms with E-state index in [0.717, 1.165) is 11.3 Å². The zero-order chi connectivity index (χ0) is 15.6. The fourth-order valence-electron chi connectivity index (χ4n) is 3.66. The molecule has 1 aliphatic carbocycles. The van der Waals surface area contributed by atoms with Crippen LogP contribution in [-0.2, 0) is 4.74 Å². The van der Waals surface area contributed by atoms with Crippen LogP contribution >= 0.6 is 0 Å². The number of ketones is 2. The average molecular weight is 304 g/mol. The molecule has 4 heteroatoms. The van der Waals surface area contributed by atoms with E-state index in [0.29, 0.717) is 23.3 Å². The third-order valence-corrected chi connectivity index (χ3v) is 4.74. The minimum atomic E-state index is -0.327. The lowest BCUT2D eigenvalue weighted by molar-refractivity contribution is 0.0592. The van der Waals surface area contributed by atoms with Gasteiger partial charge in [-0.05, 0) is 6.07 Å². The molecule has 5 rings (SSSR count). The second-order valence-electron chi connectivity index (χ2n) is 5.94. The Morgan fingerprint density at radius 3 is 2.39 bits per heavy atom. The maximum atomic E-state index is 12.9. The van der Waals surface area contributed by atoms with Crippen molar-refractivity contribution >= 4 is 11.6 Å². The molecule has 2 aliphatic heterocycles. The van der Waals surface area contributed by atoms with Crippen LogP contribution in [0.15, 0.2) is 59.9 Å². The SMILES string of the molecule is O=C1C2=C(C(=O)c3ccccc31)[C@H]1COc3ccccc3[C@H]1O2. The maximum Gasteiger partial charge on any atom is 0.228 e. The van der Waals surface area contributed by atoms with Crippen molar-refractivity contribution in [2.75, 3.05) is 6.61 Å². The molecular formula is C19H12O4. The standard InChI is InChI=1S/C19H12O4/c20-16-10-5-1-2-6-11(10)17(21)19-15(16)13-9-22-14-8-4-3-7-12(14)18(13)23-19/h1-8,13,18H,9H2/t13-,18-/m1/s1. The van der Waals surface area contributed by atoms with Crippen LogP contribution in [0.25, 0.3) is 0 Å². The van der Waals surface area contributed by atoms with Crippen LogP contribution in [-0.4, -0.2) is 18.2 Å². The van der Waals surface area contributed by atoms with Gasteiger partial charge in [-0.15, -0.1) is 0 Å². The van der Waals surface area contributed by atoms with E-state index < -0.39 is 0 Å². The zero-order valence-corrected chi connectivity index (χ0v) is 12.1. The van der Waals surface area contributed by atoms with Gasteiger partial charge in [-0.25, -0.2) is 0 Å². The van der Waals surface area contributed by atoms with Gasteiger partial charge >= 0.3 is 0 Å². The Morgan fingerprint density at radius 2 is 1.57 bits per heavy atom. The van der Waals surface area contributed by atoms with Crippen molar-refractivity contribution in [3.8, 4) is 5.75 Å². The van der Waals surface area contributed by atoms with Gasteiger partial charge in [0, 0.05) is 16.7 Å². The molecule has 4 nitrogen and oxygen atoms in total. The Bertz CT molecular complexity index is 909. The molecule has 23 heavy (non-hydrogen) atoms. The largest absolute Gasteiger partial charge is 0.492 e. The van der Waals surface area contributed by atoms with Crippen molar-refractivity contribution < 1.29 is 19.1 Å². The number of Topliss-reactive ketones (excluding diaryl/α,β-unsaturated/α-hetero) is 2. The maximum absolute atomic E-state index is 12.9. The highest BCUT2D eigenvalue weighted by Crippen LogP contribution is 2.50. The van der Waals surface area contributed by atoms with Crippen molar-refractivity contribution in [1.29, 1.82) is 0 Å². The lowest BCUT2D eigenvalue weighted by Crippen LogP contribution is -2.28. The highest BCUT2D eigenvalue weighted by atomic mass is 16.5. The molecule has 0 saturated heterocycles. The fourth-order valence-corrected chi connectivity index (χ4v) is 3.66. The Labute approximate surface area is 132 Å². The fraction of sp³-hybridized carbons (Fsp3) is 0.158. The highest BCUT2D eigenvalue weighted by Gasteiger charge is 2.49. The number of hydrogen-bond donors (Lipinski definition) is 0. The first-order valence-electron chi connectivity index (χ1n) is 7.56. The van der Waals surface area contributed by atoms with Crippen LogP contribution in [0.1, 0.15) is 32.4 Å². The van der Waals surface area contributed by atoms with Crippen LogP contribution < -0.4 is 4.74 Å². The predicted molar refractivity (Wildman–Crippen MR) is 81.4 cm³/mol. The molecule has 0 unspecified atom stereocenters. The van der Waals surface area contributed by atoms with E-state index in [9.17, 15) is 9.59 Å². The number of hydrogen-bond acceptors (Lipinski definition) is 4. The normalized spacial score (nSPS) is 24.2. The van der Waals surface area contributed by atoms with Gasteiger partial charge in [-0.3, -0.25) is 9.59 Å². The minimum Gasteiger partial charge on any atom is -0.492 e. The van der Waals surface area contributed by atoms with Gasteiger partial charge in [0.15, 0.2) is 11.5 Å². The quantitative estimate of drug-likeness (QED) is 0.750. The first-order chi connectivity index (χ1) is 11.3. The van der Waals surface area contributed by atoms with E-state index >= 15 is 0 Å². The molecule has 0 radical (unpaired) electrons. The number of para-hydroxylation sites is 1. The van der Waals surface area contributed by atoms with Gasteiger partial charge in [0.05, 0.1) is 18.1 Å². The van der Waals surface area contributed by atoms with E-state index in [1.165, 1.54) is 0 Å².